The molecule has 0 bridgehead atoms. The van der Waals surface area contributed by atoms with Crippen molar-refractivity contribution in [1.29, 1.82) is 0 Å². The van der Waals surface area contributed by atoms with Crippen molar-refractivity contribution in [3.8, 4) is 33.9 Å². The highest BCUT2D eigenvalue weighted by Crippen LogP contribution is 2.31. The number of pyridine rings is 2. The fraction of sp³-hybridized carbons (Fsp3) is 0.0526. The fourth-order valence-corrected chi connectivity index (χ4v) is 2.57. The van der Waals surface area contributed by atoms with Gasteiger partial charge in [-0.05, 0) is 24.3 Å². The molecule has 28 heavy (non-hydrogen) atoms. The number of alkyl halides is 3. The van der Waals surface area contributed by atoms with Crippen LogP contribution in [0.2, 0.25) is 0 Å². The molecule has 0 aliphatic carbocycles. The summed E-state index contributed by atoms with van der Waals surface area (Å²) in [6.45, 7) is 0. The highest BCUT2D eigenvalue weighted by molar-refractivity contribution is 5.79. The Bertz CT molecular complexity index is 1080. The lowest BCUT2D eigenvalue weighted by atomic mass is 10.1. The van der Waals surface area contributed by atoms with E-state index in [9.17, 15) is 13.2 Å². The molecule has 4 rings (SSSR count). The van der Waals surface area contributed by atoms with Gasteiger partial charge in [0, 0.05) is 53.9 Å². The maximum Gasteiger partial charge on any atom is 0.433 e. The van der Waals surface area contributed by atoms with Crippen LogP contribution in [0.1, 0.15) is 5.69 Å². The third-order valence-corrected chi connectivity index (χ3v) is 3.89. The smallest absolute Gasteiger partial charge is 0.265 e. The fourth-order valence-electron chi connectivity index (χ4n) is 2.57. The third-order valence-electron chi connectivity index (χ3n) is 3.89. The monoisotopic (exact) mass is 380 g/mol. The van der Waals surface area contributed by atoms with Crippen LogP contribution in [0, 0.1) is 0 Å². The molecule has 0 N–H and O–H groups in total. The van der Waals surface area contributed by atoms with Crippen molar-refractivity contribution in [1.82, 2.24) is 29.9 Å². The summed E-state index contributed by atoms with van der Waals surface area (Å²) < 4.78 is 38.2. The van der Waals surface area contributed by atoms with Gasteiger partial charge in [-0.3, -0.25) is 19.9 Å². The molecular weight excluding hydrogens is 369 g/mol. The lowest BCUT2D eigenvalue weighted by Crippen LogP contribution is -2.07. The topological polar surface area (TPSA) is 77.3 Å². The summed E-state index contributed by atoms with van der Waals surface area (Å²) in [7, 11) is 0. The Hall–Kier alpha value is -3.75. The highest BCUT2D eigenvalue weighted by atomic mass is 19.4. The summed E-state index contributed by atoms with van der Waals surface area (Å²) in [5, 5.41) is 0. The lowest BCUT2D eigenvalue weighted by molar-refractivity contribution is -0.141. The minimum Gasteiger partial charge on any atom is -0.265 e. The van der Waals surface area contributed by atoms with Crippen molar-refractivity contribution in [2.24, 2.45) is 0 Å². The summed E-state index contributed by atoms with van der Waals surface area (Å²) in [6, 6.07) is 5.75. The first-order chi connectivity index (χ1) is 13.5. The van der Waals surface area contributed by atoms with Gasteiger partial charge in [-0.15, -0.1) is 0 Å². The number of hydrogen-bond donors (Lipinski definition) is 0. The van der Waals surface area contributed by atoms with Crippen LogP contribution in [0.3, 0.4) is 0 Å². The summed E-state index contributed by atoms with van der Waals surface area (Å²) in [4.78, 5) is 24.7. The van der Waals surface area contributed by atoms with Gasteiger partial charge in [-0.25, -0.2) is 9.97 Å². The zero-order chi connectivity index (χ0) is 19.6. The van der Waals surface area contributed by atoms with Crippen LogP contribution in [-0.2, 0) is 6.18 Å². The van der Waals surface area contributed by atoms with Crippen LogP contribution >= 0.6 is 0 Å². The van der Waals surface area contributed by atoms with E-state index in [0.29, 0.717) is 22.5 Å². The Balaban J connectivity index is 1.83. The Morgan fingerprint density at radius 1 is 0.679 bits per heavy atom. The number of halogens is 3. The molecule has 4 aromatic heterocycles. The van der Waals surface area contributed by atoms with E-state index >= 15 is 0 Å². The number of nitrogens with zero attached hydrogens (tertiary/aromatic N) is 6. The van der Waals surface area contributed by atoms with E-state index in [2.05, 4.69) is 29.9 Å². The van der Waals surface area contributed by atoms with Crippen LogP contribution in [0.15, 0.2) is 67.6 Å². The summed E-state index contributed by atoms with van der Waals surface area (Å²) in [6.07, 6.45) is 6.11. The largest absolute Gasteiger partial charge is 0.433 e. The van der Waals surface area contributed by atoms with E-state index in [4.69, 9.17) is 0 Å². The highest BCUT2D eigenvalue weighted by Gasteiger charge is 2.32. The molecule has 0 fully saturated rings. The molecule has 4 heterocycles. The van der Waals surface area contributed by atoms with Gasteiger partial charge < -0.3 is 0 Å². The molecule has 0 spiro atoms. The van der Waals surface area contributed by atoms with Crippen molar-refractivity contribution in [3.05, 3.63) is 73.3 Å². The van der Waals surface area contributed by atoms with E-state index in [1.807, 2.05) is 0 Å². The van der Waals surface area contributed by atoms with E-state index in [0.717, 1.165) is 17.8 Å². The van der Waals surface area contributed by atoms with E-state index in [1.54, 1.807) is 49.3 Å². The number of hydrogen-bond acceptors (Lipinski definition) is 6. The quantitative estimate of drug-likeness (QED) is 0.533. The summed E-state index contributed by atoms with van der Waals surface area (Å²) in [5.74, 6) is 0.251. The molecule has 0 amide bonds. The van der Waals surface area contributed by atoms with Crippen LogP contribution in [-0.4, -0.2) is 29.9 Å². The van der Waals surface area contributed by atoms with Crippen molar-refractivity contribution in [2.75, 3.05) is 0 Å². The van der Waals surface area contributed by atoms with Gasteiger partial charge in [-0.1, -0.05) is 0 Å². The van der Waals surface area contributed by atoms with Gasteiger partial charge in [0.2, 0.25) is 0 Å². The number of rotatable bonds is 3. The normalized spacial score (nSPS) is 11.4. The molecule has 0 aliphatic heterocycles. The summed E-state index contributed by atoms with van der Waals surface area (Å²) in [5.41, 5.74) is 1.94. The first-order valence-electron chi connectivity index (χ1n) is 8.10. The minimum atomic E-state index is -4.50. The molecule has 0 radical (unpaired) electrons. The van der Waals surface area contributed by atoms with Crippen molar-refractivity contribution < 1.29 is 13.2 Å². The van der Waals surface area contributed by atoms with Gasteiger partial charge in [0.25, 0.3) is 0 Å². The standard InChI is InChI=1S/C19H11F3N6/c20-19(21,22)16-2-1-13(9-26-16)18-27-10-14(15-11-24-7-8-25-15)17(28-18)12-3-5-23-6-4-12/h1-11H. The molecule has 9 heteroatoms. The van der Waals surface area contributed by atoms with Crippen LogP contribution < -0.4 is 0 Å². The molecular formula is C19H11F3N6. The molecule has 138 valence electrons. The van der Waals surface area contributed by atoms with E-state index in [1.165, 1.54) is 6.07 Å². The molecule has 0 saturated carbocycles. The van der Waals surface area contributed by atoms with Gasteiger partial charge in [-0.2, -0.15) is 13.2 Å². The molecule has 0 aromatic carbocycles. The van der Waals surface area contributed by atoms with Gasteiger partial charge in [0.15, 0.2) is 5.82 Å². The van der Waals surface area contributed by atoms with Crippen molar-refractivity contribution in [3.63, 3.8) is 0 Å². The first-order valence-corrected chi connectivity index (χ1v) is 8.10. The number of aromatic nitrogens is 6. The zero-order valence-corrected chi connectivity index (χ0v) is 14.2. The van der Waals surface area contributed by atoms with Gasteiger partial charge >= 0.3 is 6.18 Å². The predicted molar refractivity (Wildman–Crippen MR) is 94.5 cm³/mol. The average Bonchev–Trinajstić information content (AvgIpc) is 2.74. The summed E-state index contributed by atoms with van der Waals surface area (Å²) >= 11 is 0. The Kier molecular flexibility index (Phi) is 4.48. The van der Waals surface area contributed by atoms with Crippen LogP contribution in [0.25, 0.3) is 33.9 Å². The first kappa shape index (κ1) is 17.7. The second-order valence-electron chi connectivity index (χ2n) is 5.71. The lowest BCUT2D eigenvalue weighted by Gasteiger charge is -2.10. The van der Waals surface area contributed by atoms with Crippen molar-refractivity contribution in [2.45, 2.75) is 6.18 Å². The Labute approximate surface area is 157 Å². The van der Waals surface area contributed by atoms with E-state index < -0.39 is 11.9 Å². The third kappa shape index (κ3) is 3.54. The SMILES string of the molecule is FC(F)(F)c1ccc(-c2ncc(-c3cnccn3)c(-c3ccncc3)n2)cn1. The predicted octanol–water partition coefficient (Wildman–Crippen LogP) is 4.08. The minimum absolute atomic E-state index is 0.251. The maximum absolute atomic E-state index is 12.7. The Morgan fingerprint density at radius 3 is 2.14 bits per heavy atom. The average molecular weight is 380 g/mol. The molecule has 0 atom stereocenters. The van der Waals surface area contributed by atoms with Crippen LogP contribution in [0.4, 0.5) is 13.2 Å². The molecule has 0 saturated heterocycles. The molecule has 0 unspecified atom stereocenters. The molecule has 0 aliphatic rings. The molecule has 6 nitrogen and oxygen atoms in total. The van der Waals surface area contributed by atoms with E-state index in [-0.39, 0.29) is 5.82 Å². The Morgan fingerprint density at radius 2 is 1.50 bits per heavy atom. The van der Waals surface area contributed by atoms with Crippen molar-refractivity contribution >= 4 is 0 Å². The molecule has 4 aromatic rings. The van der Waals surface area contributed by atoms with Gasteiger partial charge in [0.05, 0.1) is 17.6 Å². The maximum atomic E-state index is 12.7. The van der Waals surface area contributed by atoms with Gasteiger partial charge in [0.1, 0.15) is 5.69 Å². The second-order valence-corrected chi connectivity index (χ2v) is 5.71. The second kappa shape index (κ2) is 7.10. The van der Waals surface area contributed by atoms with Crippen LogP contribution in [0.5, 0.6) is 0 Å². The zero-order valence-electron chi connectivity index (χ0n) is 14.2.